The van der Waals surface area contributed by atoms with Gasteiger partial charge in [0, 0.05) is 11.4 Å². The molecule has 0 atom stereocenters. The van der Waals surface area contributed by atoms with E-state index in [0.717, 1.165) is 0 Å². The number of benzene rings is 3. The molecule has 154 valence electrons. The minimum atomic E-state index is -0.342. The molecule has 0 spiro atoms. The monoisotopic (exact) mass is 406 g/mol. The molecule has 0 radical (unpaired) electrons. The van der Waals surface area contributed by atoms with Gasteiger partial charge in [0.15, 0.2) is 6.61 Å². The summed E-state index contributed by atoms with van der Waals surface area (Å²) >= 11 is 0. The van der Waals surface area contributed by atoms with Crippen LogP contribution in [0.2, 0.25) is 0 Å². The molecule has 0 aliphatic rings. The Morgan fingerprint density at radius 3 is 1.83 bits per heavy atom. The van der Waals surface area contributed by atoms with Crippen LogP contribution in [-0.4, -0.2) is 32.6 Å². The van der Waals surface area contributed by atoms with Crippen LogP contribution in [0.3, 0.4) is 0 Å². The molecule has 3 aromatic carbocycles. The van der Waals surface area contributed by atoms with Gasteiger partial charge in [-0.05, 0) is 60.7 Å². The first-order valence-corrected chi connectivity index (χ1v) is 9.20. The van der Waals surface area contributed by atoms with E-state index in [1.807, 2.05) is 0 Å². The quantitative estimate of drug-likeness (QED) is 0.591. The van der Waals surface area contributed by atoms with E-state index in [4.69, 9.17) is 14.2 Å². The average Bonchev–Trinajstić information content (AvgIpc) is 2.79. The third-order valence-electron chi connectivity index (χ3n) is 4.21. The summed E-state index contributed by atoms with van der Waals surface area (Å²) in [4.78, 5) is 24.8. The SMILES string of the molecule is COc1ccc(NC(=O)COc2ccccc2C(=O)Nc2ccc(OC)cc2)cc1. The number of methoxy groups -OCH3 is 2. The lowest BCUT2D eigenvalue weighted by Crippen LogP contribution is -2.21. The summed E-state index contributed by atoms with van der Waals surface area (Å²) in [6.45, 7) is -0.237. The first-order valence-electron chi connectivity index (χ1n) is 9.20. The maximum absolute atomic E-state index is 12.7. The number of ether oxygens (including phenoxy) is 3. The minimum absolute atomic E-state index is 0.237. The molecule has 0 saturated carbocycles. The molecule has 0 aliphatic carbocycles. The average molecular weight is 406 g/mol. The highest BCUT2D eigenvalue weighted by Gasteiger charge is 2.14. The fraction of sp³-hybridized carbons (Fsp3) is 0.130. The predicted molar refractivity (Wildman–Crippen MR) is 115 cm³/mol. The first-order chi connectivity index (χ1) is 14.6. The Kier molecular flexibility index (Phi) is 6.89. The molecule has 3 rings (SSSR count). The minimum Gasteiger partial charge on any atom is -0.497 e. The Bertz CT molecular complexity index is 1000. The Hall–Kier alpha value is -4.00. The third kappa shape index (κ3) is 5.51. The molecular weight excluding hydrogens is 384 g/mol. The summed E-state index contributed by atoms with van der Waals surface area (Å²) in [5.41, 5.74) is 1.56. The number of anilines is 2. The third-order valence-corrected chi connectivity index (χ3v) is 4.21. The van der Waals surface area contributed by atoms with E-state index in [2.05, 4.69) is 10.6 Å². The second-order valence-electron chi connectivity index (χ2n) is 6.24. The maximum atomic E-state index is 12.7. The summed E-state index contributed by atoms with van der Waals surface area (Å²) in [5, 5.41) is 5.53. The van der Waals surface area contributed by atoms with Gasteiger partial charge >= 0.3 is 0 Å². The molecule has 0 bridgehead atoms. The van der Waals surface area contributed by atoms with Gasteiger partial charge in [0.05, 0.1) is 19.8 Å². The fourth-order valence-corrected chi connectivity index (χ4v) is 2.67. The highest BCUT2D eigenvalue weighted by Crippen LogP contribution is 2.21. The molecule has 2 N–H and O–H groups in total. The molecule has 0 saturated heterocycles. The topological polar surface area (TPSA) is 85.9 Å². The van der Waals surface area contributed by atoms with Gasteiger partial charge in [-0.15, -0.1) is 0 Å². The van der Waals surface area contributed by atoms with E-state index in [1.54, 1.807) is 87.0 Å². The summed E-state index contributed by atoms with van der Waals surface area (Å²) in [7, 11) is 3.15. The van der Waals surface area contributed by atoms with Crippen molar-refractivity contribution in [2.45, 2.75) is 0 Å². The number of para-hydroxylation sites is 1. The summed E-state index contributed by atoms with van der Waals surface area (Å²) in [6, 6.07) is 20.7. The van der Waals surface area contributed by atoms with Crippen LogP contribution in [0.5, 0.6) is 17.2 Å². The standard InChI is InChI=1S/C23H22N2O5/c1-28-18-11-7-16(8-12-18)24-22(26)15-30-21-6-4-3-5-20(21)23(27)25-17-9-13-19(29-2)14-10-17/h3-14H,15H2,1-2H3,(H,24,26)(H,25,27). The molecule has 0 fully saturated rings. The van der Waals surface area contributed by atoms with Crippen molar-refractivity contribution in [3.63, 3.8) is 0 Å². The predicted octanol–water partition coefficient (Wildman–Crippen LogP) is 3.97. The highest BCUT2D eigenvalue weighted by atomic mass is 16.5. The van der Waals surface area contributed by atoms with E-state index in [-0.39, 0.29) is 18.4 Å². The summed E-state index contributed by atoms with van der Waals surface area (Å²) in [6.07, 6.45) is 0. The zero-order valence-electron chi connectivity index (χ0n) is 16.7. The smallest absolute Gasteiger partial charge is 0.262 e. The van der Waals surface area contributed by atoms with Gasteiger partial charge in [-0.1, -0.05) is 12.1 Å². The van der Waals surface area contributed by atoms with Crippen molar-refractivity contribution in [3.05, 3.63) is 78.4 Å². The molecular formula is C23H22N2O5. The number of amides is 2. The molecule has 7 nitrogen and oxygen atoms in total. The second kappa shape index (κ2) is 9.97. The number of rotatable bonds is 8. The molecule has 0 heterocycles. The van der Waals surface area contributed by atoms with Crippen molar-refractivity contribution < 1.29 is 23.8 Å². The number of hydrogen-bond donors (Lipinski definition) is 2. The van der Waals surface area contributed by atoms with Crippen molar-refractivity contribution in [2.24, 2.45) is 0 Å². The van der Waals surface area contributed by atoms with Crippen molar-refractivity contribution in [1.82, 2.24) is 0 Å². The van der Waals surface area contributed by atoms with Gasteiger partial charge in [-0.2, -0.15) is 0 Å². The van der Waals surface area contributed by atoms with Crippen molar-refractivity contribution in [3.8, 4) is 17.2 Å². The Balaban J connectivity index is 1.61. The summed E-state index contributed by atoms with van der Waals surface area (Å²) < 4.78 is 15.8. The molecule has 0 unspecified atom stereocenters. The van der Waals surface area contributed by atoms with Gasteiger partial charge < -0.3 is 24.8 Å². The molecule has 0 aliphatic heterocycles. The van der Waals surface area contributed by atoms with E-state index in [9.17, 15) is 9.59 Å². The van der Waals surface area contributed by atoms with Gasteiger partial charge in [0.2, 0.25) is 0 Å². The van der Waals surface area contributed by atoms with Crippen LogP contribution in [0.4, 0.5) is 11.4 Å². The van der Waals surface area contributed by atoms with E-state index >= 15 is 0 Å². The lowest BCUT2D eigenvalue weighted by Gasteiger charge is -2.12. The lowest BCUT2D eigenvalue weighted by molar-refractivity contribution is -0.118. The van der Waals surface area contributed by atoms with Crippen LogP contribution >= 0.6 is 0 Å². The van der Waals surface area contributed by atoms with E-state index in [1.165, 1.54) is 0 Å². The van der Waals surface area contributed by atoms with Gasteiger partial charge in [0.25, 0.3) is 11.8 Å². The van der Waals surface area contributed by atoms with Crippen LogP contribution < -0.4 is 24.8 Å². The zero-order valence-corrected chi connectivity index (χ0v) is 16.7. The highest BCUT2D eigenvalue weighted by molar-refractivity contribution is 6.06. The Labute approximate surface area is 174 Å². The molecule has 3 aromatic rings. The van der Waals surface area contributed by atoms with E-state index < -0.39 is 0 Å². The maximum Gasteiger partial charge on any atom is 0.262 e. The van der Waals surface area contributed by atoms with Crippen LogP contribution in [-0.2, 0) is 4.79 Å². The van der Waals surface area contributed by atoms with E-state index in [0.29, 0.717) is 34.2 Å². The van der Waals surface area contributed by atoms with Crippen molar-refractivity contribution >= 4 is 23.2 Å². The van der Waals surface area contributed by atoms with Crippen LogP contribution in [0.15, 0.2) is 72.8 Å². The lowest BCUT2D eigenvalue weighted by atomic mass is 10.2. The molecule has 0 aromatic heterocycles. The number of carbonyl (C=O) groups excluding carboxylic acids is 2. The van der Waals surface area contributed by atoms with Crippen molar-refractivity contribution in [2.75, 3.05) is 31.5 Å². The van der Waals surface area contributed by atoms with Gasteiger partial charge in [-0.3, -0.25) is 9.59 Å². The second-order valence-corrected chi connectivity index (χ2v) is 6.24. The zero-order chi connectivity index (χ0) is 21.3. The Morgan fingerprint density at radius 1 is 0.733 bits per heavy atom. The van der Waals surface area contributed by atoms with Crippen LogP contribution in [0.25, 0.3) is 0 Å². The van der Waals surface area contributed by atoms with Gasteiger partial charge in [0.1, 0.15) is 17.2 Å². The number of nitrogens with one attached hydrogen (secondary N) is 2. The van der Waals surface area contributed by atoms with Crippen LogP contribution in [0, 0.1) is 0 Å². The fourth-order valence-electron chi connectivity index (χ4n) is 2.67. The first kappa shape index (κ1) is 20.7. The summed E-state index contributed by atoms with van der Waals surface area (Å²) in [5.74, 6) is 1.02. The van der Waals surface area contributed by atoms with Gasteiger partial charge in [-0.25, -0.2) is 0 Å². The normalized spacial score (nSPS) is 10.1. The van der Waals surface area contributed by atoms with Crippen LogP contribution in [0.1, 0.15) is 10.4 Å². The molecule has 30 heavy (non-hydrogen) atoms. The Morgan fingerprint density at radius 2 is 1.27 bits per heavy atom. The molecule has 2 amide bonds. The largest absolute Gasteiger partial charge is 0.497 e. The van der Waals surface area contributed by atoms with Crippen molar-refractivity contribution in [1.29, 1.82) is 0 Å². The molecule has 7 heteroatoms. The number of carbonyl (C=O) groups is 2. The number of hydrogen-bond acceptors (Lipinski definition) is 5.